The zero-order chi connectivity index (χ0) is 13.9. The van der Waals surface area contributed by atoms with Gasteiger partial charge in [-0.1, -0.05) is 0 Å². The maximum Gasteiger partial charge on any atom is 0.363 e. The predicted octanol–water partition coefficient (Wildman–Crippen LogP) is 1.59. The van der Waals surface area contributed by atoms with E-state index in [1.807, 2.05) is 0 Å². The molecule has 0 radical (unpaired) electrons. The first-order valence-corrected chi connectivity index (χ1v) is 4.38. The second-order valence-electron chi connectivity index (χ2n) is 2.96. The summed E-state index contributed by atoms with van der Waals surface area (Å²) >= 11 is 0. The van der Waals surface area contributed by atoms with Crippen LogP contribution in [0.15, 0.2) is 6.07 Å². The lowest BCUT2D eigenvalue weighted by molar-refractivity contribution is -0.385. The first-order chi connectivity index (χ1) is 8.42. The summed E-state index contributed by atoms with van der Waals surface area (Å²) in [5.41, 5.74) is -3.38. The van der Waals surface area contributed by atoms with Crippen LogP contribution in [0.3, 0.4) is 0 Å². The van der Waals surface area contributed by atoms with E-state index in [2.05, 4.69) is 9.72 Å². The third-order valence-electron chi connectivity index (χ3n) is 1.95. The number of methoxy groups -OCH3 is 1. The summed E-state index contributed by atoms with van der Waals surface area (Å²) < 4.78 is 29.3. The Kier molecular flexibility index (Phi) is 3.83. The number of halogens is 2. The van der Waals surface area contributed by atoms with Crippen LogP contribution in [-0.4, -0.2) is 23.0 Å². The molecule has 0 saturated heterocycles. The van der Waals surface area contributed by atoms with Crippen molar-refractivity contribution in [2.75, 3.05) is 7.11 Å². The van der Waals surface area contributed by atoms with Gasteiger partial charge in [0.25, 0.3) is 6.43 Å². The van der Waals surface area contributed by atoms with Crippen molar-refractivity contribution >= 4 is 11.7 Å². The Morgan fingerprint density at radius 3 is 2.67 bits per heavy atom. The van der Waals surface area contributed by atoms with Crippen molar-refractivity contribution < 1.29 is 23.2 Å². The SMILES string of the molecule is COC(=O)c1nc(C#N)c(C(F)F)cc1[N+](=O)[O-]. The number of carbonyl (C=O) groups excluding carboxylic acids is 1. The largest absolute Gasteiger partial charge is 0.464 e. The van der Waals surface area contributed by atoms with E-state index in [1.54, 1.807) is 0 Å². The Balaban J connectivity index is 3.58. The molecule has 9 heteroatoms. The minimum atomic E-state index is -3.11. The van der Waals surface area contributed by atoms with Crippen molar-refractivity contribution in [3.63, 3.8) is 0 Å². The Labute approximate surface area is 98.8 Å². The van der Waals surface area contributed by atoms with Crippen LogP contribution in [0.5, 0.6) is 0 Å². The molecule has 0 aliphatic heterocycles. The molecule has 0 amide bonds. The van der Waals surface area contributed by atoms with Gasteiger partial charge in [-0.25, -0.2) is 18.6 Å². The highest BCUT2D eigenvalue weighted by Crippen LogP contribution is 2.28. The molecule has 0 aliphatic carbocycles. The van der Waals surface area contributed by atoms with E-state index in [4.69, 9.17) is 5.26 Å². The van der Waals surface area contributed by atoms with Crippen molar-refractivity contribution in [1.29, 1.82) is 5.26 Å². The lowest BCUT2D eigenvalue weighted by Gasteiger charge is -2.05. The van der Waals surface area contributed by atoms with Crippen LogP contribution in [0.2, 0.25) is 0 Å². The number of nitriles is 1. The van der Waals surface area contributed by atoms with E-state index in [1.165, 1.54) is 6.07 Å². The summed E-state index contributed by atoms with van der Waals surface area (Å²) in [7, 11) is 0.945. The number of alkyl halides is 2. The summed E-state index contributed by atoms with van der Waals surface area (Å²) in [5.74, 6) is -1.18. The van der Waals surface area contributed by atoms with Crippen molar-refractivity contribution in [2.45, 2.75) is 6.43 Å². The van der Waals surface area contributed by atoms with Gasteiger partial charge >= 0.3 is 11.7 Å². The molecule has 0 unspecified atom stereocenters. The highest BCUT2D eigenvalue weighted by Gasteiger charge is 2.28. The van der Waals surface area contributed by atoms with Gasteiger partial charge in [0.15, 0.2) is 5.69 Å². The van der Waals surface area contributed by atoms with Crippen molar-refractivity contribution in [3.8, 4) is 6.07 Å². The van der Waals surface area contributed by atoms with Gasteiger partial charge in [-0.05, 0) is 0 Å². The molecule has 0 saturated carbocycles. The monoisotopic (exact) mass is 257 g/mol. The predicted molar refractivity (Wildman–Crippen MR) is 51.9 cm³/mol. The number of aromatic nitrogens is 1. The number of carbonyl (C=O) groups is 1. The molecule has 7 nitrogen and oxygen atoms in total. The topological polar surface area (TPSA) is 106 Å². The summed E-state index contributed by atoms with van der Waals surface area (Å²) in [6, 6.07) is 1.79. The highest BCUT2D eigenvalue weighted by molar-refractivity contribution is 5.91. The summed E-state index contributed by atoms with van der Waals surface area (Å²) in [4.78, 5) is 24.0. The fraction of sp³-hybridized carbons (Fsp3) is 0.222. The van der Waals surface area contributed by atoms with Gasteiger partial charge in [-0.15, -0.1) is 0 Å². The molecule has 0 N–H and O–H groups in total. The van der Waals surface area contributed by atoms with Crippen LogP contribution < -0.4 is 0 Å². The van der Waals surface area contributed by atoms with E-state index >= 15 is 0 Å². The van der Waals surface area contributed by atoms with Crippen molar-refractivity contribution in [1.82, 2.24) is 4.98 Å². The van der Waals surface area contributed by atoms with Crippen LogP contribution >= 0.6 is 0 Å². The average Bonchev–Trinajstić information content (AvgIpc) is 2.35. The molecule has 94 valence electrons. The molecule has 0 fully saturated rings. The van der Waals surface area contributed by atoms with Crippen LogP contribution in [0.1, 0.15) is 28.2 Å². The number of ether oxygens (including phenoxy) is 1. The Morgan fingerprint density at radius 1 is 1.67 bits per heavy atom. The molecule has 1 aromatic heterocycles. The molecule has 0 aliphatic rings. The summed E-state index contributed by atoms with van der Waals surface area (Å²) in [6.45, 7) is 0. The van der Waals surface area contributed by atoms with Crippen LogP contribution in [0.25, 0.3) is 0 Å². The number of hydrogen-bond donors (Lipinski definition) is 0. The van der Waals surface area contributed by atoms with E-state index in [-0.39, 0.29) is 0 Å². The molecule has 0 spiro atoms. The molecule has 0 bridgehead atoms. The first-order valence-electron chi connectivity index (χ1n) is 4.38. The van der Waals surface area contributed by atoms with E-state index in [9.17, 15) is 23.7 Å². The molecular formula is C9H5F2N3O4. The minimum absolute atomic E-state index is 0.447. The van der Waals surface area contributed by atoms with Crippen molar-refractivity contribution in [3.05, 3.63) is 33.1 Å². The molecule has 0 aromatic carbocycles. The number of esters is 1. The van der Waals surface area contributed by atoms with Gasteiger partial charge in [0.1, 0.15) is 6.07 Å². The molecular weight excluding hydrogens is 252 g/mol. The average molecular weight is 257 g/mol. The van der Waals surface area contributed by atoms with E-state index < -0.39 is 40.0 Å². The summed E-state index contributed by atoms with van der Waals surface area (Å²) in [6.07, 6.45) is -3.11. The lowest BCUT2D eigenvalue weighted by Crippen LogP contribution is -2.11. The van der Waals surface area contributed by atoms with Crippen LogP contribution in [-0.2, 0) is 4.74 Å². The second kappa shape index (κ2) is 5.13. The van der Waals surface area contributed by atoms with Crippen LogP contribution in [0.4, 0.5) is 14.5 Å². The first kappa shape index (κ1) is 13.4. The lowest BCUT2D eigenvalue weighted by atomic mass is 10.1. The Bertz CT molecular complexity index is 553. The normalized spacial score (nSPS) is 9.94. The maximum absolute atomic E-state index is 12.5. The molecule has 0 atom stereocenters. The quantitative estimate of drug-likeness (QED) is 0.462. The standard InChI is InChI=1S/C9H5F2N3O4/c1-18-9(15)7-6(14(16)17)2-4(8(10)11)5(3-12)13-7/h2,8H,1H3. The molecule has 1 aromatic rings. The zero-order valence-corrected chi connectivity index (χ0v) is 8.89. The third-order valence-corrected chi connectivity index (χ3v) is 1.95. The second-order valence-corrected chi connectivity index (χ2v) is 2.96. The number of nitro groups is 1. The fourth-order valence-corrected chi connectivity index (χ4v) is 1.16. The number of pyridine rings is 1. The van der Waals surface area contributed by atoms with E-state index in [0.29, 0.717) is 6.07 Å². The molecule has 18 heavy (non-hydrogen) atoms. The fourth-order valence-electron chi connectivity index (χ4n) is 1.16. The molecule has 1 heterocycles. The maximum atomic E-state index is 12.5. The number of rotatable bonds is 3. The smallest absolute Gasteiger partial charge is 0.363 e. The van der Waals surface area contributed by atoms with Crippen molar-refractivity contribution in [2.24, 2.45) is 0 Å². The van der Waals surface area contributed by atoms with Gasteiger partial charge in [0.2, 0.25) is 5.69 Å². The van der Waals surface area contributed by atoms with Gasteiger partial charge < -0.3 is 4.74 Å². The Morgan fingerprint density at radius 2 is 2.28 bits per heavy atom. The Hall–Kier alpha value is -2.63. The van der Waals surface area contributed by atoms with Gasteiger partial charge in [-0.2, -0.15) is 5.26 Å². The summed E-state index contributed by atoms with van der Waals surface area (Å²) in [5, 5.41) is 19.3. The van der Waals surface area contributed by atoms with Gasteiger partial charge in [0, 0.05) is 6.07 Å². The number of hydrogen-bond acceptors (Lipinski definition) is 6. The van der Waals surface area contributed by atoms with E-state index in [0.717, 1.165) is 7.11 Å². The third kappa shape index (κ3) is 2.37. The highest BCUT2D eigenvalue weighted by atomic mass is 19.3. The zero-order valence-electron chi connectivity index (χ0n) is 8.89. The van der Waals surface area contributed by atoms with Gasteiger partial charge in [0.05, 0.1) is 17.6 Å². The number of nitrogens with zero attached hydrogens (tertiary/aromatic N) is 3. The van der Waals surface area contributed by atoms with Gasteiger partial charge in [-0.3, -0.25) is 10.1 Å². The minimum Gasteiger partial charge on any atom is -0.464 e. The van der Waals surface area contributed by atoms with Crippen LogP contribution in [0, 0.1) is 21.4 Å². The molecule has 1 rings (SSSR count).